The average molecular weight is 457 g/mol. The van der Waals surface area contributed by atoms with Gasteiger partial charge < -0.3 is 4.90 Å². The van der Waals surface area contributed by atoms with Crippen molar-refractivity contribution in [2.24, 2.45) is 16.7 Å². The Labute approximate surface area is 192 Å². The highest BCUT2D eigenvalue weighted by Crippen LogP contribution is 2.69. The summed E-state index contributed by atoms with van der Waals surface area (Å²) >= 11 is 5.94. The molecule has 2 aromatic rings. The molecule has 1 saturated carbocycles. The number of hydrogen-bond donors (Lipinski definition) is 0. The van der Waals surface area contributed by atoms with Crippen LogP contribution in [0.1, 0.15) is 39.7 Å². The molecule has 0 aromatic heterocycles. The molecule has 5 nitrogen and oxygen atoms in total. The van der Waals surface area contributed by atoms with Crippen LogP contribution in [0.3, 0.4) is 0 Å². The normalized spacial score (nSPS) is 21.7. The van der Waals surface area contributed by atoms with E-state index in [4.69, 9.17) is 11.6 Å². The quantitative estimate of drug-likeness (QED) is 0.606. The number of benzene rings is 2. The highest BCUT2D eigenvalue weighted by molar-refractivity contribution is 6.30. The maximum atomic E-state index is 13.7. The van der Waals surface area contributed by atoms with Gasteiger partial charge in [-0.1, -0.05) is 51.4 Å². The summed E-state index contributed by atoms with van der Waals surface area (Å²) in [7, 11) is 0. The van der Waals surface area contributed by atoms with Crippen LogP contribution in [0, 0.1) is 22.6 Å². The molecular weight excluding hydrogens is 431 g/mol. The maximum Gasteiger partial charge on any atom is 0.257 e. The Hall–Kier alpha value is -2.73. The van der Waals surface area contributed by atoms with Gasteiger partial charge in [-0.15, -0.1) is 0 Å². The number of carbonyl (C=O) groups is 3. The van der Waals surface area contributed by atoms with Crippen molar-refractivity contribution in [3.63, 3.8) is 0 Å². The monoisotopic (exact) mass is 456 g/mol. The molecule has 168 valence electrons. The highest BCUT2D eigenvalue weighted by Gasteiger charge is 2.69. The van der Waals surface area contributed by atoms with Crippen molar-refractivity contribution in [2.45, 2.75) is 46.7 Å². The second kappa shape index (κ2) is 7.69. The first-order valence-corrected chi connectivity index (χ1v) is 11.0. The van der Waals surface area contributed by atoms with Crippen molar-refractivity contribution in [1.82, 2.24) is 4.90 Å². The van der Waals surface area contributed by atoms with E-state index in [1.54, 1.807) is 36.4 Å². The van der Waals surface area contributed by atoms with E-state index >= 15 is 0 Å². The smallest absolute Gasteiger partial charge is 0.257 e. The van der Waals surface area contributed by atoms with Crippen LogP contribution >= 0.6 is 11.6 Å². The summed E-state index contributed by atoms with van der Waals surface area (Å²) in [5, 5.41) is 0.496. The second-order valence-electron chi connectivity index (χ2n) is 9.73. The fourth-order valence-electron chi connectivity index (χ4n) is 4.83. The van der Waals surface area contributed by atoms with E-state index in [0.29, 0.717) is 16.3 Å². The zero-order valence-corrected chi connectivity index (χ0v) is 19.3. The van der Waals surface area contributed by atoms with Gasteiger partial charge in [0.2, 0.25) is 11.8 Å². The van der Waals surface area contributed by atoms with Gasteiger partial charge in [0.15, 0.2) is 0 Å². The van der Waals surface area contributed by atoms with Gasteiger partial charge in [-0.25, -0.2) is 9.29 Å². The summed E-state index contributed by atoms with van der Waals surface area (Å²) in [5.74, 6) is -1.62. The minimum absolute atomic E-state index is 0.0953. The lowest BCUT2D eigenvalue weighted by Crippen LogP contribution is -2.46. The Morgan fingerprint density at radius 3 is 2.12 bits per heavy atom. The van der Waals surface area contributed by atoms with Crippen molar-refractivity contribution in [3.05, 3.63) is 64.9 Å². The molecule has 0 spiro atoms. The summed E-state index contributed by atoms with van der Waals surface area (Å²) in [6, 6.07) is 11.4. The number of carbonyl (C=O) groups excluding carboxylic acids is 3. The predicted molar refractivity (Wildman–Crippen MR) is 120 cm³/mol. The molecule has 2 aliphatic rings. The lowest BCUT2D eigenvalue weighted by atomic mass is 10.0. The number of anilines is 1. The lowest BCUT2D eigenvalue weighted by molar-refractivity contribution is -0.141. The van der Waals surface area contributed by atoms with Gasteiger partial charge in [0.25, 0.3) is 5.91 Å². The van der Waals surface area contributed by atoms with Gasteiger partial charge in [0.1, 0.15) is 11.9 Å². The van der Waals surface area contributed by atoms with Crippen LogP contribution in [-0.2, 0) is 20.9 Å². The Morgan fingerprint density at radius 1 is 1.03 bits per heavy atom. The van der Waals surface area contributed by atoms with Crippen LogP contribution in [-0.4, -0.2) is 28.7 Å². The number of imide groups is 1. The van der Waals surface area contributed by atoms with E-state index in [2.05, 4.69) is 0 Å². The summed E-state index contributed by atoms with van der Waals surface area (Å²) < 4.78 is 13.4. The third kappa shape index (κ3) is 3.60. The summed E-state index contributed by atoms with van der Waals surface area (Å²) in [6.45, 7) is 8.26. The molecule has 0 bridgehead atoms. The zero-order chi connectivity index (χ0) is 23.4. The summed E-state index contributed by atoms with van der Waals surface area (Å²) in [5.41, 5.74) is 0.661. The summed E-state index contributed by atoms with van der Waals surface area (Å²) in [6.07, 6.45) is -0.0953. The molecule has 7 heteroatoms. The molecule has 1 aliphatic carbocycles. The topological polar surface area (TPSA) is 57.7 Å². The first-order chi connectivity index (χ1) is 14.9. The molecule has 2 fully saturated rings. The Bertz CT molecular complexity index is 1070. The Morgan fingerprint density at radius 2 is 1.59 bits per heavy atom. The van der Waals surface area contributed by atoms with Crippen LogP contribution in [0.15, 0.2) is 48.5 Å². The standard InChI is InChI=1S/C25H26ClFN2O3/c1-24(2)21(25(24,3)4)23(32)28(14-15-5-9-17(27)10-6-15)19-13-20(30)29(22(19)31)18-11-7-16(26)8-12-18/h5-12,19,21H,13-14H2,1-4H3. The van der Waals surface area contributed by atoms with Gasteiger partial charge in [-0.3, -0.25) is 14.4 Å². The van der Waals surface area contributed by atoms with Crippen LogP contribution in [0.2, 0.25) is 5.02 Å². The van der Waals surface area contributed by atoms with Crippen molar-refractivity contribution < 1.29 is 18.8 Å². The third-order valence-corrected chi connectivity index (χ3v) is 7.65. The number of halogens is 2. The van der Waals surface area contributed by atoms with E-state index < -0.39 is 11.9 Å². The van der Waals surface area contributed by atoms with E-state index in [1.165, 1.54) is 17.0 Å². The average Bonchev–Trinajstić information content (AvgIpc) is 2.96. The van der Waals surface area contributed by atoms with E-state index in [9.17, 15) is 18.8 Å². The van der Waals surface area contributed by atoms with E-state index in [0.717, 1.165) is 4.90 Å². The minimum atomic E-state index is -0.914. The highest BCUT2D eigenvalue weighted by atomic mass is 35.5. The number of rotatable bonds is 5. The predicted octanol–water partition coefficient (Wildman–Crippen LogP) is 4.82. The number of nitrogens with zero attached hydrogens (tertiary/aromatic N) is 2. The van der Waals surface area contributed by atoms with Crippen molar-refractivity contribution in [1.29, 1.82) is 0 Å². The molecule has 3 amide bonds. The number of amides is 3. The third-order valence-electron chi connectivity index (χ3n) is 7.40. The van der Waals surface area contributed by atoms with Gasteiger partial charge >= 0.3 is 0 Å². The van der Waals surface area contributed by atoms with Crippen molar-refractivity contribution >= 4 is 35.0 Å². The number of hydrogen-bond acceptors (Lipinski definition) is 3. The molecule has 1 saturated heterocycles. The van der Waals surface area contributed by atoms with Crippen LogP contribution in [0.25, 0.3) is 0 Å². The van der Waals surface area contributed by atoms with Gasteiger partial charge in [0.05, 0.1) is 12.1 Å². The lowest BCUT2D eigenvalue weighted by Gasteiger charge is -2.29. The molecule has 0 N–H and O–H groups in total. The molecule has 2 aromatic carbocycles. The van der Waals surface area contributed by atoms with Crippen LogP contribution in [0.4, 0.5) is 10.1 Å². The molecule has 4 rings (SSSR count). The molecule has 1 aliphatic heterocycles. The Kier molecular flexibility index (Phi) is 5.40. The summed E-state index contributed by atoms with van der Waals surface area (Å²) in [4.78, 5) is 42.5. The SMILES string of the molecule is CC1(C)C(C(=O)N(Cc2ccc(F)cc2)C2CC(=O)N(c3ccc(Cl)cc3)C2=O)C1(C)C. The maximum absolute atomic E-state index is 13.7. The molecule has 0 radical (unpaired) electrons. The van der Waals surface area contributed by atoms with Crippen LogP contribution in [0.5, 0.6) is 0 Å². The van der Waals surface area contributed by atoms with Crippen LogP contribution < -0.4 is 4.90 Å². The largest absolute Gasteiger partial charge is 0.325 e. The second-order valence-corrected chi connectivity index (χ2v) is 10.2. The van der Waals surface area contributed by atoms with Crippen molar-refractivity contribution in [2.75, 3.05) is 4.90 Å². The van der Waals surface area contributed by atoms with Gasteiger partial charge in [-0.2, -0.15) is 0 Å². The van der Waals surface area contributed by atoms with Crippen molar-refractivity contribution in [3.8, 4) is 0 Å². The Balaban J connectivity index is 1.67. The first kappa shape index (κ1) is 22.5. The van der Waals surface area contributed by atoms with E-state index in [1.807, 2.05) is 27.7 Å². The molecule has 1 atom stereocenters. The van der Waals surface area contributed by atoms with E-state index in [-0.39, 0.29) is 47.3 Å². The zero-order valence-electron chi connectivity index (χ0n) is 18.6. The van der Waals surface area contributed by atoms with Gasteiger partial charge in [-0.05, 0) is 52.8 Å². The fourth-order valence-corrected chi connectivity index (χ4v) is 4.95. The molecular formula is C25H26ClFN2O3. The first-order valence-electron chi connectivity index (χ1n) is 10.6. The fraction of sp³-hybridized carbons (Fsp3) is 0.400. The minimum Gasteiger partial charge on any atom is -0.325 e. The molecule has 1 heterocycles. The van der Waals surface area contributed by atoms with Gasteiger partial charge in [0, 0.05) is 17.5 Å². The molecule has 1 unspecified atom stereocenters. The molecule has 32 heavy (non-hydrogen) atoms.